The first-order valence-corrected chi connectivity index (χ1v) is 5.96. The molecule has 3 heteroatoms. The van der Waals surface area contributed by atoms with Crippen LogP contribution in [0.4, 0.5) is 0 Å². The first-order valence-electron chi connectivity index (χ1n) is 5.96. The summed E-state index contributed by atoms with van der Waals surface area (Å²) in [6.07, 6.45) is 5.00. The maximum absolute atomic E-state index is 9.15. The van der Waals surface area contributed by atoms with Gasteiger partial charge in [-0.2, -0.15) is 0 Å². The van der Waals surface area contributed by atoms with Gasteiger partial charge in [0.05, 0.1) is 6.61 Å². The van der Waals surface area contributed by atoms with Gasteiger partial charge < -0.3 is 10.4 Å². The van der Waals surface area contributed by atoms with Crippen molar-refractivity contribution in [1.82, 2.24) is 10.2 Å². The molecular weight excluding hydrogens is 176 g/mol. The molecule has 2 fully saturated rings. The standard InChI is InChI=1S/C11H22N2O/c1-2-9(8-14)12-10-5-7-13-6-3-4-11(10)13/h9-12,14H,2-8H2,1H3/t9-,10?,11?/m1/s1. The van der Waals surface area contributed by atoms with Crippen LogP contribution in [0.15, 0.2) is 0 Å². The number of hydrogen-bond donors (Lipinski definition) is 2. The number of rotatable bonds is 4. The van der Waals surface area contributed by atoms with Crippen molar-refractivity contribution in [1.29, 1.82) is 0 Å². The van der Waals surface area contributed by atoms with Crippen molar-refractivity contribution < 1.29 is 5.11 Å². The summed E-state index contributed by atoms with van der Waals surface area (Å²) in [7, 11) is 0. The van der Waals surface area contributed by atoms with E-state index in [1.54, 1.807) is 0 Å². The molecule has 2 aliphatic rings. The summed E-state index contributed by atoms with van der Waals surface area (Å²) in [6, 6.07) is 1.70. The maximum Gasteiger partial charge on any atom is 0.0584 e. The SMILES string of the molecule is CC[C@H](CO)NC1CCN2CCCC12. The van der Waals surface area contributed by atoms with Gasteiger partial charge in [0, 0.05) is 24.7 Å². The van der Waals surface area contributed by atoms with Gasteiger partial charge in [0.15, 0.2) is 0 Å². The molecule has 2 unspecified atom stereocenters. The third-order valence-electron chi connectivity index (χ3n) is 3.77. The zero-order valence-corrected chi connectivity index (χ0v) is 9.08. The molecule has 0 aliphatic carbocycles. The van der Waals surface area contributed by atoms with E-state index < -0.39 is 0 Å². The quantitative estimate of drug-likeness (QED) is 0.694. The first kappa shape index (κ1) is 10.4. The summed E-state index contributed by atoms with van der Waals surface area (Å²) in [5, 5.41) is 12.7. The molecule has 0 aromatic heterocycles. The Morgan fingerprint density at radius 3 is 3.00 bits per heavy atom. The number of nitrogens with one attached hydrogen (secondary N) is 1. The fourth-order valence-corrected chi connectivity index (χ4v) is 2.88. The minimum absolute atomic E-state index is 0.278. The highest BCUT2D eigenvalue weighted by molar-refractivity contribution is 4.96. The Labute approximate surface area is 86.5 Å². The van der Waals surface area contributed by atoms with E-state index >= 15 is 0 Å². The van der Waals surface area contributed by atoms with E-state index in [0.29, 0.717) is 12.1 Å². The van der Waals surface area contributed by atoms with Crippen molar-refractivity contribution in [3.05, 3.63) is 0 Å². The Bertz CT molecular complexity index is 182. The van der Waals surface area contributed by atoms with Gasteiger partial charge in [0.25, 0.3) is 0 Å². The molecule has 2 N–H and O–H groups in total. The summed E-state index contributed by atoms with van der Waals surface area (Å²) in [6.45, 7) is 4.96. The van der Waals surface area contributed by atoms with Crippen molar-refractivity contribution in [2.75, 3.05) is 19.7 Å². The third-order valence-corrected chi connectivity index (χ3v) is 3.77. The van der Waals surface area contributed by atoms with Crippen LogP contribution in [-0.4, -0.2) is 47.8 Å². The van der Waals surface area contributed by atoms with Crippen molar-refractivity contribution >= 4 is 0 Å². The summed E-state index contributed by atoms with van der Waals surface area (Å²) >= 11 is 0. The number of aliphatic hydroxyl groups excluding tert-OH is 1. The van der Waals surface area contributed by atoms with Crippen LogP contribution in [0.3, 0.4) is 0 Å². The lowest BCUT2D eigenvalue weighted by Gasteiger charge is -2.25. The van der Waals surface area contributed by atoms with Crippen LogP contribution in [0, 0.1) is 0 Å². The molecule has 0 spiro atoms. The van der Waals surface area contributed by atoms with Crippen molar-refractivity contribution in [2.45, 2.75) is 50.7 Å². The van der Waals surface area contributed by atoms with Gasteiger partial charge in [0.1, 0.15) is 0 Å². The normalized spacial score (nSPS) is 34.7. The molecule has 14 heavy (non-hydrogen) atoms. The second-order valence-electron chi connectivity index (χ2n) is 4.60. The highest BCUT2D eigenvalue weighted by atomic mass is 16.3. The van der Waals surface area contributed by atoms with Gasteiger partial charge in [0.2, 0.25) is 0 Å². The summed E-state index contributed by atoms with van der Waals surface area (Å²) in [5.41, 5.74) is 0. The summed E-state index contributed by atoms with van der Waals surface area (Å²) in [4.78, 5) is 2.60. The molecule has 0 saturated carbocycles. The fourth-order valence-electron chi connectivity index (χ4n) is 2.88. The Balaban J connectivity index is 1.86. The molecular formula is C11H22N2O. The monoisotopic (exact) mass is 198 g/mol. The highest BCUT2D eigenvalue weighted by Crippen LogP contribution is 2.28. The van der Waals surface area contributed by atoms with E-state index in [4.69, 9.17) is 5.11 Å². The van der Waals surface area contributed by atoms with Crippen molar-refractivity contribution in [2.24, 2.45) is 0 Å². The lowest BCUT2D eigenvalue weighted by atomic mass is 10.0. The molecule has 2 heterocycles. The minimum Gasteiger partial charge on any atom is -0.395 e. The summed E-state index contributed by atoms with van der Waals surface area (Å²) < 4.78 is 0. The van der Waals surface area contributed by atoms with Gasteiger partial charge in [-0.05, 0) is 32.2 Å². The van der Waals surface area contributed by atoms with E-state index in [1.165, 1.54) is 32.4 Å². The lowest BCUT2D eigenvalue weighted by Crippen LogP contribution is -2.45. The van der Waals surface area contributed by atoms with Crippen LogP contribution in [-0.2, 0) is 0 Å². The fraction of sp³-hybridized carbons (Fsp3) is 1.00. The van der Waals surface area contributed by atoms with Crippen LogP contribution in [0.25, 0.3) is 0 Å². The second kappa shape index (κ2) is 4.60. The third kappa shape index (κ3) is 1.95. The van der Waals surface area contributed by atoms with Crippen molar-refractivity contribution in [3.8, 4) is 0 Å². The average molecular weight is 198 g/mol. The molecule has 82 valence electrons. The van der Waals surface area contributed by atoms with E-state index in [9.17, 15) is 0 Å². The lowest BCUT2D eigenvalue weighted by molar-refractivity contribution is 0.214. The number of aliphatic hydroxyl groups is 1. The predicted molar refractivity (Wildman–Crippen MR) is 57.3 cm³/mol. The molecule has 3 nitrogen and oxygen atoms in total. The minimum atomic E-state index is 0.278. The molecule has 3 atom stereocenters. The summed E-state index contributed by atoms with van der Waals surface area (Å²) in [5.74, 6) is 0. The first-order chi connectivity index (χ1) is 6.85. The molecule has 2 aliphatic heterocycles. The van der Waals surface area contributed by atoms with E-state index in [2.05, 4.69) is 17.1 Å². The Hall–Kier alpha value is -0.120. The second-order valence-corrected chi connectivity index (χ2v) is 4.60. The number of nitrogens with zero attached hydrogens (tertiary/aromatic N) is 1. The highest BCUT2D eigenvalue weighted by Gasteiger charge is 2.37. The van der Waals surface area contributed by atoms with Gasteiger partial charge in [-0.1, -0.05) is 6.92 Å². The van der Waals surface area contributed by atoms with Gasteiger partial charge in [-0.25, -0.2) is 0 Å². The number of hydrogen-bond acceptors (Lipinski definition) is 3. The van der Waals surface area contributed by atoms with Crippen LogP contribution in [0.2, 0.25) is 0 Å². The van der Waals surface area contributed by atoms with Crippen molar-refractivity contribution in [3.63, 3.8) is 0 Å². The molecule has 0 aromatic rings. The van der Waals surface area contributed by atoms with Gasteiger partial charge >= 0.3 is 0 Å². The Morgan fingerprint density at radius 1 is 1.43 bits per heavy atom. The Kier molecular flexibility index (Phi) is 3.42. The van der Waals surface area contributed by atoms with Crippen LogP contribution in [0.1, 0.15) is 32.6 Å². The van der Waals surface area contributed by atoms with Gasteiger partial charge in [-0.15, -0.1) is 0 Å². The van der Waals surface area contributed by atoms with E-state index in [0.717, 1.165) is 12.5 Å². The van der Waals surface area contributed by atoms with E-state index in [1.807, 2.05) is 0 Å². The van der Waals surface area contributed by atoms with Crippen LogP contribution >= 0.6 is 0 Å². The zero-order chi connectivity index (χ0) is 9.97. The van der Waals surface area contributed by atoms with Crippen LogP contribution in [0.5, 0.6) is 0 Å². The Morgan fingerprint density at radius 2 is 2.29 bits per heavy atom. The van der Waals surface area contributed by atoms with E-state index in [-0.39, 0.29) is 6.61 Å². The maximum atomic E-state index is 9.15. The average Bonchev–Trinajstić information content (AvgIpc) is 2.77. The van der Waals surface area contributed by atoms with Gasteiger partial charge in [-0.3, -0.25) is 4.90 Å². The molecule has 2 rings (SSSR count). The number of fused-ring (bicyclic) bond motifs is 1. The molecule has 0 bridgehead atoms. The molecule has 0 amide bonds. The molecule has 0 aromatic carbocycles. The zero-order valence-electron chi connectivity index (χ0n) is 9.08. The largest absolute Gasteiger partial charge is 0.395 e. The molecule has 2 saturated heterocycles. The van der Waals surface area contributed by atoms with Crippen LogP contribution < -0.4 is 5.32 Å². The topological polar surface area (TPSA) is 35.5 Å². The smallest absolute Gasteiger partial charge is 0.0584 e. The molecule has 0 radical (unpaired) electrons. The predicted octanol–water partition coefficient (Wildman–Crippen LogP) is 0.584.